The van der Waals surface area contributed by atoms with Gasteiger partial charge in [0.05, 0.1) is 12.3 Å². The molecule has 0 radical (unpaired) electrons. The third kappa shape index (κ3) is 3.04. The standard InChI is InChI=1S/C16H19N3OS/c1-3-17-16-13-9-21-10-14(13)18-15(19-16)12-6-4-5-11(7-12)8-20-2/h4-7H,3,8-10H2,1-2H3,(H,17,18,19). The number of fused-ring (bicyclic) bond motifs is 1. The van der Waals surface area contributed by atoms with Crippen LogP contribution in [0.3, 0.4) is 0 Å². The zero-order chi connectivity index (χ0) is 14.7. The summed E-state index contributed by atoms with van der Waals surface area (Å²) in [5.74, 6) is 3.76. The molecule has 0 aliphatic carbocycles. The molecule has 1 N–H and O–H groups in total. The quantitative estimate of drug-likeness (QED) is 0.916. The zero-order valence-electron chi connectivity index (χ0n) is 12.3. The second-order valence-electron chi connectivity index (χ2n) is 4.98. The van der Waals surface area contributed by atoms with E-state index in [-0.39, 0.29) is 0 Å². The van der Waals surface area contributed by atoms with Gasteiger partial charge in [-0.2, -0.15) is 11.8 Å². The highest BCUT2D eigenvalue weighted by Gasteiger charge is 2.20. The Morgan fingerprint density at radius 1 is 1.29 bits per heavy atom. The molecule has 0 spiro atoms. The van der Waals surface area contributed by atoms with E-state index in [0.29, 0.717) is 6.61 Å². The van der Waals surface area contributed by atoms with Crippen molar-refractivity contribution >= 4 is 17.6 Å². The van der Waals surface area contributed by atoms with Crippen LogP contribution in [-0.4, -0.2) is 23.6 Å². The van der Waals surface area contributed by atoms with Gasteiger partial charge in [-0.25, -0.2) is 9.97 Å². The van der Waals surface area contributed by atoms with Crippen molar-refractivity contribution in [2.75, 3.05) is 19.0 Å². The number of aromatic nitrogens is 2. The van der Waals surface area contributed by atoms with Crippen LogP contribution in [0.1, 0.15) is 23.7 Å². The van der Waals surface area contributed by atoms with Crippen molar-refractivity contribution in [3.05, 3.63) is 41.1 Å². The summed E-state index contributed by atoms with van der Waals surface area (Å²) in [6, 6.07) is 8.24. The van der Waals surface area contributed by atoms with Crippen LogP contribution >= 0.6 is 11.8 Å². The molecule has 0 unspecified atom stereocenters. The summed E-state index contributed by atoms with van der Waals surface area (Å²) >= 11 is 1.90. The molecule has 0 fully saturated rings. The molecule has 1 aromatic carbocycles. The van der Waals surface area contributed by atoms with Gasteiger partial charge in [0.1, 0.15) is 5.82 Å². The van der Waals surface area contributed by atoms with Crippen LogP contribution in [0, 0.1) is 0 Å². The smallest absolute Gasteiger partial charge is 0.161 e. The molecular formula is C16H19N3OS. The zero-order valence-corrected chi connectivity index (χ0v) is 13.2. The molecule has 0 bridgehead atoms. The summed E-state index contributed by atoms with van der Waals surface area (Å²) < 4.78 is 5.20. The number of nitrogens with zero attached hydrogens (tertiary/aromatic N) is 2. The number of hydrogen-bond acceptors (Lipinski definition) is 5. The number of nitrogens with one attached hydrogen (secondary N) is 1. The monoisotopic (exact) mass is 301 g/mol. The Morgan fingerprint density at radius 2 is 2.19 bits per heavy atom. The number of ether oxygens (including phenoxy) is 1. The van der Waals surface area contributed by atoms with Crippen LogP contribution in [0.4, 0.5) is 5.82 Å². The highest BCUT2D eigenvalue weighted by atomic mass is 32.2. The van der Waals surface area contributed by atoms with Gasteiger partial charge in [-0.3, -0.25) is 0 Å². The van der Waals surface area contributed by atoms with Crippen LogP contribution in [0.5, 0.6) is 0 Å². The Bertz CT molecular complexity index is 645. The number of thioether (sulfide) groups is 1. The molecule has 110 valence electrons. The molecule has 1 aliphatic heterocycles. The Morgan fingerprint density at radius 3 is 3.00 bits per heavy atom. The minimum absolute atomic E-state index is 0.606. The molecule has 2 aromatic rings. The third-order valence-electron chi connectivity index (χ3n) is 3.42. The Labute approximate surface area is 129 Å². The van der Waals surface area contributed by atoms with E-state index >= 15 is 0 Å². The van der Waals surface area contributed by atoms with Gasteiger partial charge in [0.2, 0.25) is 0 Å². The molecule has 0 saturated carbocycles. The molecule has 21 heavy (non-hydrogen) atoms. The van der Waals surface area contributed by atoms with Gasteiger partial charge in [-0.15, -0.1) is 0 Å². The van der Waals surface area contributed by atoms with Gasteiger partial charge in [0, 0.05) is 36.3 Å². The van der Waals surface area contributed by atoms with Gasteiger partial charge in [-0.05, 0) is 18.6 Å². The molecule has 1 aliphatic rings. The van der Waals surface area contributed by atoms with Crippen LogP contribution in [0.2, 0.25) is 0 Å². The van der Waals surface area contributed by atoms with Crippen molar-refractivity contribution in [1.82, 2.24) is 9.97 Å². The highest BCUT2D eigenvalue weighted by Crippen LogP contribution is 2.34. The van der Waals surface area contributed by atoms with Crippen LogP contribution in [0.15, 0.2) is 24.3 Å². The van der Waals surface area contributed by atoms with Crippen LogP contribution in [0.25, 0.3) is 11.4 Å². The molecule has 0 saturated heterocycles. The average molecular weight is 301 g/mol. The van der Waals surface area contributed by atoms with Gasteiger partial charge in [0.25, 0.3) is 0 Å². The Hall–Kier alpha value is -1.59. The van der Waals surface area contributed by atoms with Crippen molar-refractivity contribution in [2.24, 2.45) is 0 Å². The Balaban J connectivity index is 2.02. The van der Waals surface area contributed by atoms with Crippen LogP contribution < -0.4 is 5.32 Å². The first-order valence-corrected chi connectivity index (χ1v) is 8.27. The van der Waals surface area contributed by atoms with Crippen molar-refractivity contribution in [3.63, 3.8) is 0 Å². The van der Waals surface area contributed by atoms with E-state index in [1.807, 2.05) is 17.8 Å². The molecule has 0 atom stereocenters. The predicted molar refractivity (Wildman–Crippen MR) is 87.3 cm³/mol. The minimum Gasteiger partial charge on any atom is -0.380 e. The van der Waals surface area contributed by atoms with E-state index in [1.165, 1.54) is 5.56 Å². The van der Waals surface area contributed by atoms with E-state index in [9.17, 15) is 0 Å². The van der Waals surface area contributed by atoms with Crippen molar-refractivity contribution in [1.29, 1.82) is 0 Å². The SMILES string of the molecule is CCNc1nc(-c2cccc(COC)c2)nc2c1CSC2. The number of rotatable bonds is 5. The summed E-state index contributed by atoms with van der Waals surface area (Å²) in [6.45, 7) is 3.57. The Kier molecular flexibility index (Phi) is 4.41. The maximum absolute atomic E-state index is 5.20. The molecule has 2 heterocycles. The highest BCUT2D eigenvalue weighted by molar-refractivity contribution is 7.98. The summed E-state index contributed by atoms with van der Waals surface area (Å²) in [5.41, 5.74) is 4.61. The fraction of sp³-hybridized carbons (Fsp3) is 0.375. The lowest BCUT2D eigenvalue weighted by atomic mass is 10.1. The first-order valence-electron chi connectivity index (χ1n) is 7.11. The molecule has 5 heteroatoms. The molecular weight excluding hydrogens is 282 g/mol. The fourth-order valence-corrected chi connectivity index (χ4v) is 3.50. The molecule has 1 aromatic heterocycles. The number of hydrogen-bond donors (Lipinski definition) is 1. The normalized spacial score (nSPS) is 13.2. The van der Waals surface area contributed by atoms with Gasteiger partial charge in [-0.1, -0.05) is 18.2 Å². The first-order chi connectivity index (χ1) is 10.3. The molecule has 0 amide bonds. The lowest BCUT2D eigenvalue weighted by Crippen LogP contribution is -2.06. The number of methoxy groups -OCH3 is 1. The molecule has 4 nitrogen and oxygen atoms in total. The third-order valence-corrected chi connectivity index (χ3v) is 4.39. The summed E-state index contributed by atoms with van der Waals surface area (Å²) in [5, 5.41) is 3.37. The molecule has 3 rings (SSSR count). The lowest BCUT2D eigenvalue weighted by molar-refractivity contribution is 0.185. The van der Waals surface area contributed by atoms with Gasteiger partial charge in [0.15, 0.2) is 5.82 Å². The maximum atomic E-state index is 5.20. The largest absolute Gasteiger partial charge is 0.380 e. The number of benzene rings is 1. The lowest BCUT2D eigenvalue weighted by Gasteiger charge is -2.11. The topological polar surface area (TPSA) is 47.0 Å². The first kappa shape index (κ1) is 14.4. The number of anilines is 1. The van der Waals surface area contributed by atoms with E-state index in [1.54, 1.807) is 7.11 Å². The second kappa shape index (κ2) is 6.45. The fourth-order valence-electron chi connectivity index (χ4n) is 2.46. The van der Waals surface area contributed by atoms with Gasteiger partial charge >= 0.3 is 0 Å². The summed E-state index contributed by atoms with van der Waals surface area (Å²) in [7, 11) is 1.71. The average Bonchev–Trinajstić information content (AvgIpc) is 2.97. The van der Waals surface area contributed by atoms with Crippen molar-refractivity contribution in [3.8, 4) is 11.4 Å². The van der Waals surface area contributed by atoms with E-state index in [4.69, 9.17) is 14.7 Å². The van der Waals surface area contributed by atoms with Gasteiger partial charge < -0.3 is 10.1 Å². The van der Waals surface area contributed by atoms with E-state index in [2.05, 4.69) is 30.4 Å². The summed E-state index contributed by atoms with van der Waals surface area (Å²) in [6.07, 6.45) is 0. The van der Waals surface area contributed by atoms with Crippen molar-refractivity contribution < 1.29 is 4.74 Å². The predicted octanol–water partition coefficient (Wildman–Crippen LogP) is 3.47. The second-order valence-corrected chi connectivity index (χ2v) is 5.96. The summed E-state index contributed by atoms with van der Waals surface area (Å²) in [4.78, 5) is 9.48. The maximum Gasteiger partial charge on any atom is 0.161 e. The van der Waals surface area contributed by atoms with Crippen LogP contribution in [-0.2, 0) is 22.8 Å². The van der Waals surface area contributed by atoms with Crippen molar-refractivity contribution in [2.45, 2.75) is 25.0 Å². The minimum atomic E-state index is 0.606. The van der Waals surface area contributed by atoms with E-state index in [0.717, 1.165) is 46.5 Å². The van der Waals surface area contributed by atoms with E-state index < -0.39 is 0 Å².